The molecule has 1 atom stereocenters. The molecule has 1 aliphatic heterocycles. The van der Waals surface area contributed by atoms with Gasteiger partial charge in [0.05, 0.1) is 17.4 Å². The minimum atomic E-state index is -0.159. The summed E-state index contributed by atoms with van der Waals surface area (Å²) in [7, 11) is 0. The Kier molecular flexibility index (Phi) is 3.58. The van der Waals surface area contributed by atoms with E-state index in [-0.39, 0.29) is 11.9 Å². The van der Waals surface area contributed by atoms with Crippen LogP contribution in [0.25, 0.3) is 0 Å². The molecular weight excluding hydrogens is 255 g/mol. The van der Waals surface area contributed by atoms with Gasteiger partial charge in [-0.05, 0) is 44.0 Å². The molecule has 1 saturated heterocycles. The molecule has 4 nitrogen and oxygen atoms in total. The first-order valence-electron chi connectivity index (χ1n) is 7.04. The van der Waals surface area contributed by atoms with Gasteiger partial charge < -0.3 is 10.2 Å². The van der Waals surface area contributed by atoms with Crippen molar-refractivity contribution in [2.24, 2.45) is 0 Å². The highest BCUT2D eigenvalue weighted by atomic mass is 19.1. The largest absolute Gasteiger partial charge is 0.377 e. The van der Waals surface area contributed by atoms with E-state index in [2.05, 4.69) is 20.4 Å². The summed E-state index contributed by atoms with van der Waals surface area (Å²) < 4.78 is 14.2. The van der Waals surface area contributed by atoms with Crippen molar-refractivity contribution >= 4 is 11.4 Å². The molecule has 0 saturated carbocycles. The Labute approximate surface area is 118 Å². The van der Waals surface area contributed by atoms with Crippen LogP contribution in [0.5, 0.6) is 0 Å². The van der Waals surface area contributed by atoms with Crippen LogP contribution in [0.2, 0.25) is 0 Å². The van der Waals surface area contributed by atoms with Crippen molar-refractivity contribution in [3.05, 3.63) is 42.0 Å². The van der Waals surface area contributed by atoms with Gasteiger partial charge in [0.1, 0.15) is 5.82 Å². The Morgan fingerprint density at radius 3 is 2.75 bits per heavy atom. The van der Waals surface area contributed by atoms with Crippen LogP contribution in [0, 0.1) is 5.82 Å². The molecule has 0 radical (unpaired) electrons. The van der Waals surface area contributed by atoms with Crippen molar-refractivity contribution in [1.82, 2.24) is 10.2 Å². The third-order valence-electron chi connectivity index (χ3n) is 3.77. The zero-order valence-electron chi connectivity index (χ0n) is 11.6. The van der Waals surface area contributed by atoms with Gasteiger partial charge in [0, 0.05) is 25.0 Å². The molecule has 1 fully saturated rings. The Hall–Kier alpha value is -2.04. The maximum Gasteiger partial charge on any atom is 0.148 e. The fourth-order valence-corrected chi connectivity index (χ4v) is 2.65. The molecule has 0 amide bonds. The molecule has 1 aromatic carbocycles. The number of halogens is 1. The lowest BCUT2D eigenvalue weighted by molar-refractivity contribution is 0.623. The van der Waals surface area contributed by atoms with Gasteiger partial charge >= 0.3 is 0 Å². The lowest BCUT2D eigenvalue weighted by atomic mass is 10.2. The molecule has 0 spiro atoms. The zero-order valence-corrected chi connectivity index (χ0v) is 11.6. The van der Waals surface area contributed by atoms with E-state index >= 15 is 0 Å². The van der Waals surface area contributed by atoms with E-state index in [0.29, 0.717) is 5.69 Å². The molecule has 0 bridgehead atoms. The molecule has 2 heterocycles. The second-order valence-corrected chi connectivity index (χ2v) is 5.24. The van der Waals surface area contributed by atoms with Crippen molar-refractivity contribution in [3.8, 4) is 0 Å². The maximum absolute atomic E-state index is 14.2. The van der Waals surface area contributed by atoms with Crippen LogP contribution in [-0.2, 0) is 0 Å². The third kappa shape index (κ3) is 2.61. The molecular formula is C15H19FN4. The lowest BCUT2D eigenvalue weighted by Crippen LogP contribution is -2.19. The van der Waals surface area contributed by atoms with E-state index in [9.17, 15) is 4.39 Å². The monoisotopic (exact) mass is 274 g/mol. The topological polar surface area (TPSA) is 44.0 Å². The average molecular weight is 274 g/mol. The number of H-pyrrole nitrogens is 1. The number of aromatic amines is 1. The van der Waals surface area contributed by atoms with Gasteiger partial charge in [0.2, 0.25) is 0 Å². The SMILES string of the molecule is CC(Nc1ccc(N2CCCC2)c(F)c1)c1ccn[nH]1. The number of benzene rings is 1. The van der Waals surface area contributed by atoms with E-state index < -0.39 is 0 Å². The molecule has 20 heavy (non-hydrogen) atoms. The highest BCUT2D eigenvalue weighted by molar-refractivity contribution is 5.57. The predicted octanol–water partition coefficient (Wildman–Crippen LogP) is 3.32. The summed E-state index contributed by atoms with van der Waals surface area (Å²) in [6.07, 6.45) is 4.01. The normalized spacial score (nSPS) is 16.4. The smallest absolute Gasteiger partial charge is 0.148 e. The summed E-state index contributed by atoms with van der Waals surface area (Å²) in [5.74, 6) is -0.159. The van der Waals surface area contributed by atoms with Crippen LogP contribution in [-0.4, -0.2) is 23.3 Å². The first kappa shape index (κ1) is 13.0. The van der Waals surface area contributed by atoms with Crippen LogP contribution < -0.4 is 10.2 Å². The Bertz CT molecular complexity index is 561. The fraction of sp³-hybridized carbons (Fsp3) is 0.400. The predicted molar refractivity (Wildman–Crippen MR) is 78.5 cm³/mol. The molecule has 5 heteroatoms. The lowest BCUT2D eigenvalue weighted by Gasteiger charge is -2.20. The summed E-state index contributed by atoms with van der Waals surface area (Å²) in [5, 5.41) is 10.1. The number of hydrogen-bond donors (Lipinski definition) is 2. The van der Waals surface area contributed by atoms with Gasteiger partial charge in [-0.1, -0.05) is 0 Å². The highest BCUT2D eigenvalue weighted by Gasteiger charge is 2.16. The molecule has 0 aliphatic carbocycles. The number of hydrogen-bond acceptors (Lipinski definition) is 3. The molecule has 2 N–H and O–H groups in total. The van der Waals surface area contributed by atoms with Crippen LogP contribution in [0.4, 0.5) is 15.8 Å². The molecule has 1 aromatic heterocycles. The van der Waals surface area contributed by atoms with Crippen LogP contribution in [0.3, 0.4) is 0 Å². The maximum atomic E-state index is 14.2. The fourth-order valence-electron chi connectivity index (χ4n) is 2.65. The van der Waals surface area contributed by atoms with Crippen LogP contribution in [0.15, 0.2) is 30.5 Å². The summed E-state index contributed by atoms with van der Waals surface area (Å²) in [4.78, 5) is 2.11. The quantitative estimate of drug-likeness (QED) is 0.899. The first-order valence-corrected chi connectivity index (χ1v) is 7.04. The van der Waals surface area contributed by atoms with E-state index in [0.717, 1.165) is 37.3 Å². The van der Waals surface area contributed by atoms with Gasteiger partial charge in [-0.2, -0.15) is 5.10 Å². The number of nitrogens with zero attached hydrogens (tertiary/aromatic N) is 2. The number of nitrogens with one attached hydrogen (secondary N) is 2. The molecule has 3 rings (SSSR count). The van der Waals surface area contributed by atoms with Crippen molar-refractivity contribution in [3.63, 3.8) is 0 Å². The molecule has 106 valence electrons. The van der Waals surface area contributed by atoms with Gasteiger partial charge in [0.15, 0.2) is 0 Å². The Morgan fingerprint density at radius 2 is 2.10 bits per heavy atom. The highest BCUT2D eigenvalue weighted by Crippen LogP contribution is 2.27. The van der Waals surface area contributed by atoms with E-state index in [1.54, 1.807) is 12.3 Å². The summed E-state index contributed by atoms with van der Waals surface area (Å²) >= 11 is 0. The summed E-state index contributed by atoms with van der Waals surface area (Å²) in [5.41, 5.74) is 2.48. The Morgan fingerprint density at radius 1 is 1.30 bits per heavy atom. The number of anilines is 2. The van der Waals surface area contributed by atoms with Gasteiger partial charge in [-0.15, -0.1) is 0 Å². The first-order chi connectivity index (χ1) is 9.74. The minimum absolute atomic E-state index is 0.0644. The summed E-state index contributed by atoms with van der Waals surface area (Å²) in [6.45, 7) is 3.92. The zero-order chi connectivity index (χ0) is 13.9. The van der Waals surface area contributed by atoms with Gasteiger partial charge in [-0.25, -0.2) is 4.39 Å². The van der Waals surface area contributed by atoms with Crippen molar-refractivity contribution < 1.29 is 4.39 Å². The minimum Gasteiger partial charge on any atom is -0.377 e. The average Bonchev–Trinajstić information content (AvgIpc) is 3.12. The summed E-state index contributed by atoms with van der Waals surface area (Å²) in [6, 6.07) is 7.34. The second-order valence-electron chi connectivity index (χ2n) is 5.24. The van der Waals surface area contributed by atoms with Crippen LogP contribution in [0.1, 0.15) is 31.5 Å². The third-order valence-corrected chi connectivity index (χ3v) is 3.77. The molecule has 1 unspecified atom stereocenters. The van der Waals surface area contributed by atoms with Crippen LogP contribution >= 0.6 is 0 Å². The van der Waals surface area contributed by atoms with E-state index in [1.807, 2.05) is 25.1 Å². The van der Waals surface area contributed by atoms with Gasteiger partial charge in [-0.3, -0.25) is 5.10 Å². The molecule has 1 aliphatic rings. The Balaban J connectivity index is 1.73. The number of rotatable bonds is 4. The molecule has 2 aromatic rings. The second kappa shape index (κ2) is 5.53. The van der Waals surface area contributed by atoms with Gasteiger partial charge in [0.25, 0.3) is 0 Å². The van der Waals surface area contributed by atoms with Crippen molar-refractivity contribution in [1.29, 1.82) is 0 Å². The van der Waals surface area contributed by atoms with E-state index in [4.69, 9.17) is 0 Å². The van der Waals surface area contributed by atoms with E-state index in [1.165, 1.54) is 0 Å². The number of aromatic nitrogens is 2. The van der Waals surface area contributed by atoms with Crippen molar-refractivity contribution in [2.45, 2.75) is 25.8 Å². The standard InChI is InChI=1S/C15H19FN4/c1-11(14-6-7-17-19-14)18-12-4-5-15(13(16)10-12)20-8-2-3-9-20/h4-7,10-11,18H,2-3,8-9H2,1H3,(H,17,19). The van der Waals surface area contributed by atoms with Crippen molar-refractivity contribution in [2.75, 3.05) is 23.3 Å².